The number of aromatic nitrogens is 1. The quantitative estimate of drug-likeness (QED) is 0.618. The highest BCUT2D eigenvalue weighted by molar-refractivity contribution is 5.43. The first-order valence-corrected chi connectivity index (χ1v) is 5.34. The first-order valence-electron chi connectivity index (χ1n) is 5.34. The molecule has 0 saturated carbocycles. The molecule has 0 saturated heterocycles. The van der Waals surface area contributed by atoms with E-state index in [-0.39, 0.29) is 0 Å². The third-order valence-electron chi connectivity index (χ3n) is 2.18. The maximum Gasteiger partial charge on any atom is 0.114 e. The molecule has 2 rings (SSSR count). The molecular formula is C16H11N. The lowest BCUT2D eigenvalue weighted by Crippen LogP contribution is -1.77. The van der Waals surface area contributed by atoms with Crippen LogP contribution in [0.2, 0.25) is 0 Å². The molecule has 0 fully saturated rings. The third-order valence-corrected chi connectivity index (χ3v) is 2.18. The van der Waals surface area contributed by atoms with Crippen molar-refractivity contribution in [2.45, 2.75) is 6.92 Å². The molecule has 0 spiro atoms. The fraction of sp³-hybridized carbons (Fsp3) is 0.0625. The predicted molar refractivity (Wildman–Crippen MR) is 69.2 cm³/mol. The molecule has 1 heteroatoms. The highest BCUT2D eigenvalue weighted by Gasteiger charge is 1.84. The second kappa shape index (κ2) is 5.54. The Bertz CT molecular complexity index is 602. The molecule has 1 aromatic heterocycles. The van der Waals surface area contributed by atoms with Gasteiger partial charge in [0.25, 0.3) is 0 Å². The van der Waals surface area contributed by atoms with E-state index in [1.165, 1.54) is 5.56 Å². The van der Waals surface area contributed by atoms with E-state index in [4.69, 9.17) is 0 Å². The van der Waals surface area contributed by atoms with Crippen LogP contribution >= 0.6 is 0 Å². The number of hydrogen-bond acceptors (Lipinski definition) is 1. The van der Waals surface area contributed by atoms with Crippen molar-refractivity contribution in [1.82, 2.24) is 4.98 Å². The molecule has 2 aromatic rings. The molecule has 0 radical (unpaired) electrons. The first-order chi connectivity index (χ1) is 8.34. The lowest BCUT2D eigenvalue weighted by atomic mass is 10.2. The smallest absolute Gasteiger partial charge is 0.114 e. The molecular weight excluding hydrogens is 206 g/mol. The van der Waals surface area contributed by atoms with Gasteiger partial charge in [-0.1, -0.05) is 29.7 Å². The second-order valence-corrected chi connectivity index (χ2v) is 3.58. The lowest BCUT2D eigenvalue weighted by molar-refractivity contribution is 1.29. The molecule has 0 bridgehead atoms. The topological polar surface area (TPSA) is 12.9 Å². The Hall–Kier alpha value is -2.51. The number of nitrogens with zero attached hydrogens (tertiary/aromatic N) is 1. The van der Waals surface area contributed by atoms with Crippen LogP contribution in [0.25, 0.3) is 0 Å². The SMILES string of the molecule is Cc1ccc(C#CC#Cc2ccccn2)cc1. The molecule has 0 aliphatic rings. The molecule has 80 valence electrons. The Morgan fingerprint density at radius 2 is 1.65 bits per heavy atom. The lowest BCUT2D eigenvalue weighted by Gasteiger charge is -1.90. The van der Waals surface area contributed by atoms with Gasteiger partial charge in [-0.15, -0.1) is 0 Å². The van der Waals surface area contributed by atoms with Gasteiger partial charge in [0.2, 0.25) is 0 Å². The molecule has 1 heterocycles. The van der Waals surface area contributed by atoms with Crippen molar-refractivity contribution in [2.75, 3.05) is 0 Å². The highest BCUT2D eigenvalue weighted by atomic mass is 14.6. The van der Waals surface area contributed by atoms with E-state index >= 15 is 0 Å². The number of rotatable bonds is 0. The van der Waals surface area contributed by atoms with Crippen LogP contribution in [0.4, 0.5) is 0 Å². The van der Waals surface area contributed by atoms with Crippen molar-refractivity contribution in [3.63, 3.8) is 0 Å². The fourth-order valence-electron chi connectivity index (χ4n) is 1.27. The summed E-state index contributed by atoms with van der Waals surface area (Å²) in [6.45, 7) is 2.05. The van der Waals surface area contributed by atoms with Gasteiger partial charge in [-0.3, -0.25) is 0 Å². The molecule has 0 amide bonds. The maximum atomic E-state index is 4.09. The number of aryl methyl sites for hydroxylation is 1. The molecule has 0 unspecified atom stereocenters. The summed E-state index contributed by atoms with van der Waals surface area (Å²) in [5.41, 5.74) is 2.95. The number of pyridine rings is 1. The minimum atomic E-state index is 0.741. The summed E-state index contributed by atoms with van der Waals surface area (Å²) >= 11 is 0. The Labute approximate surface area is 102 Å². The highest BCUT2D eigenvalue weighted by Crippen LogP contribution is 2.00. The van der Waals surface area contributed by atoms with Crippen molar-refractivity contribution >= 4 is 0 Å². The zero-order valence-electron chi connectivity index (χ0n) is 9.57. The van der Waals surface area contributed by atoms with E-state index in [2.05, 4.69) is 35.6 Å². The third kappa shape index (κ3) is 3.52. The van der Waals surface area contributed by atoms with Gasteiger partial charge in [0.1, 0.15) is 5.69 Å². The zero-order chi connectivity index (χ0) is 11.9. The Kier molecular flexibility index (Phi) is 3.58. The van der Waals surface area contributed by atoms with Crippen molar-refractivity contribution in [3.8, 4) is 23.7 Å². The first kappa shape index (κ1) is 11.0. The van der Waals surface area contributed by atoms with Crippen LogP contribution in [0.5, 0.6) is 0 Å². The minimum Gasteiger partial charge on any atom is -0.248 e. The van der Waals surface area contributed by atoms with E-state index in [1.54, 1.807) is 6.20 Å². The molecule has 1 nitrogen and oxygen atoms in total. The van der Waals surface area contributed by atoms with E-state index in [0.29, 0.717) is 0 Å². The monoisotopic (exact) mass is 217 g/mol. The van der Waals surface area contributed by atoms with Crippen LogP contribution < -0.4 is 0 Å². The van der Waals surface area contributed by atoms with Gasteiger partial charge >= 0.3 is 0 Å². The van der Waals surface area contributed by atoms with E-state index in [0.717, 1.165) is 11.3 Å². The van der Waals surface area contributed by atoms with Crippen LogP contribution in [0, 0.1) is 30.6 Å². The Balaban J connectivity index is 2.09. The van der Waals surface area contributed by atoms with Crippen LogP contribution in [-0.4, -0.2) is 4.98 Å². The van der Waals surface area contributed by atoms with Gasteiger partial charge < -0.3 is 0 Å². The van der Waals surface area contributed by atoms with E-state index in [1.807, 2.05) is 42.5 Å². The summed E-state index contributed by atoms with van der Waals surface area (Å²) in [5, 5.41) is 0. The summed E-state index contributed by atoms with van der Waals surface area (Å²) in [5.74, 6) is 11.5. The number of benzene rings is 1. The molecule has 0 N–H and O–H groups in total. The van der Waals surface area contributed by atoms with E-state index < -0.39 is 0 Å². The largest absolute Gasteiger partial charge is 0.248 e. The zero-order valence-corrected chi connectivity index (χ0v) is 9.57. The number of hydrogen-bond donors (Lipinski definition) is 0. The van der Waals surface area contributed by atoms with Gasteiger partial charge in [-0.05, 0) is 49.0 Å². The van der Waals surface area contributed by atoms with Gasteiger partial charge in [-0.2, -0.15) is 0 Å². The molecule has 0 aliphatic heterocycles. The minimum absolute atomic E-state index is 0.741. The summed E-state index contributed by atoms with van der Waals surface area (Å²) in [7, 11) is 0. The summed E-state index contributed by atoms with van der Waals surface area (Å²) < 4.78 is 0. The Morgan fingerprint density at radius 1 is 0.882 bits per heavy atom. The standard InChI is InChI=1S/C16H11N/c1-14-9-11-15(12-10-14)6-2-3-7-16-8-4-5-13-17-16/h4-5,8-13H,1H3. The van der Waals surface area contributed by atoms with Crippen molar-refractivity contribution in [2.24, 2.45) is 0 Å². The van der Waals surface area contributed by atoms with Gasteiger partial charge in [0, 0.05) is 11.8 Å². The van der Waals surface area contributed by atoms with Crippen molar-refractivity contribution in [1.29, 1.82) is 0 Å². The molecule has 17 heavy (non-hydrogen) atoms. The van der Waals surface area contributed by atoms with Crippen LogP contribution in [0.15, 0.2) is 48.7 Å². The Morgan fingerprint density at radius 3 is 2.35 bits per heavy atom. The summed E-state index contributed by atoms with van der Waals surface area (Å²) in [4.78, 5) is 4.09. The van der Waals surface area contributed by atoms with Gasteiger partial charge in [0.05, 0.1) is 0 Å². The fourth-order valence-corrected chi connectivity index (χ4v) is 1.27. The predicted octanol–water partition coefficient (Wildman–Crippen LogP) is 2.79. The summed E-state index contributed by atoms with van der Waals surface area (Å²) in [6.07, 6.45) is 1.72. The van der Waals surface area contributed by atoms with Crippen molar-refractivity contribution in [3.05, 3.63) is 65.5 Å². The van der Waals surface area contributed by atoms with Gasteiger partial charge in [-0.25, -0.2) is 4.98 Å². The summed E-state index contributed by atoms with van der Waals surface area (Å²) in [6, 6.07) is 13.7. The normalized spacial score (nSPS) is 8.53. The van der Waals surface area contributed by atoms with Crippen LogP contribution in [0.1, 0.15) is 16.8 Å². The molecule has 0 atom stereocenters. The van der Waals surface area contributed by atoms with Gasteiger partial charge in [0.15, 0.2) is 0 Å². The van der Waals surface area contributed by atoms with Crippen molar-refractivity contribution < 1.29 is 0 Å². The van der Waals surface area contributed by atoms with Crippen LogP contribution in [-0.2, 0) is 0 Å². The van der Waals surface area contributed by atoms with E-state index in [9.17, 15) is 0 Å². The maximum absolute atomic E-state index is 4.09. The molecule has 1 aromatic carbocycles. The molecule has 0 aliphatic carbocycles. The second-order valence-electron chi connectivity index (χ2n) is 3.58. The average Bonchev–Trinajstić information content (AvgIpc) is 2.38. The van der Waals surface area contributed by atoms with Crippen LogP contribution in [0.3, 0.4) is 0 Å². The average molecular weight is 217 g/mol.